The van der Waals surface area contributed by atoms with Gasteiger partial charge in [-0.25, -0.2) is 14.3 Å². The number of aryl methyl sites for hydroxylation is 1. The van der Waals surface area contributed by atoms with E-state index < -0.39 is 18.0 Å². The quantitative estimate of drug-likeness (QED) is 0.836. The van der Waals surface area contributed by atoms with Crippen molar-refractivity contribution in [3.63, 3.8) is 0 Å². The van der Waals surface area contributed by atoms with Gasteiger partial charge in [0.2, 0.25) is 5.88 Å². The number of hydrogen-bond acceptors (Lipinski definition) is 5. The van der Waals surface area contributed by atoms with Crippen LogP contribution in [0.1, 0.15) is 0 Å². The lowest BCUT2D eigenvalue weighted by atomic mass is 10.3. The number of carboxylic acid groups (broad SMARTS) is 1. The van der Waals surface area contributed by atoms with Gasteiger partial charge in [-0.15, -0.1) is 11.8 Å². The number of hydrogen-bond donors (Lipinski definition) is 2. The molecule has 0 unspecified atom stereocenters. The maximum absolute atomic E-state index is 12.0. The topological polar surface area (TPSA) is 96.7 Å². The van der Waals surface area contributed by atoms with E-state index in [1.54, 1.807) is 13.1 Å². The summed E-state index contributed by atoms with van der Waals surface area (Å²) in [7, 11) is 3.18. The highest BCUT2D eigenvalue weighted by molar-refractivity contribution is 7.99. The van der Waals surface area contributed by atoms with Crippen LogP contribution in [0.15, 0.2) is 6.07 Å². The largest absolute Gasteiger partial charge is 0.481 e. The van der Waals surface area contributed by atoms with Crippen LogP contribution in [-0.4, -0.2) is 56.6 Å². The molecular formula is C10H14N4O4S. The van der Waals surface area contributed by atoms with Crippen molar-refractivity contribution >= 4 is 29.6 Å². The summed E-state index contributed by atoms with van der Waals surface area (Å²) in [6.07, 6.45) is 0. The molecule has 1 fully saturated rings. The molecule has 0 bridgehead atoms. The molecule has 0 aliphatic carbocycles. The third kappa shape index (κ3) is 2.75. The number of nitrogens with one attached hydrogen (secondary N) is 1. The predicted octanol–water partition coefficient (Wildman–Crippen LogP) is 0.420. The fourth-order valence-electron chi connectivity index (χ4n) is 1.73. The second-order valence-corrected chi connectivity index (χ2v) is 4.95. The molecule has 2 amide bonds. The Morgan fingerprint density at radius 3 is 2.95 bits per heavy atom. The Morgan fingerprint density at radius 2 is 2.37 bits per heavy atom. The van der Waals surface area contributed by atoms with Gasteiger partial charge in [0.1, 0.15) is 6.04 Å². The molecule has 2 heterocycles. The van der Waals surface area contributed by atoms with Gasteiger partial charge >= 0.3 is 12.0 Å². The molecule has 0 radical (unpaired) electrons. The van der Waals surface area contributed by atoms with E-state index in [0.29, 0.717) is 23.3 Å². The Bertz CT molecular complexity index is 504. The van der Waals surface area contributed by atoms with E-state index in [1.165, 1.54) is 28.5 Å². The lowest BCUT2D eigenvalue weighted by Crippen LogP contribution is -2.44. The molecule has 19 heavy (non-hydrogen) atoms. The average molecular weight is 286 g/mol. The lowest BCUT2D eigenvalue weighted by Gasteiger charge is -2.19. The van der Waals surface area contributed by atoms with Gasteiger partial charge in [0.15, 0.2) is 5.82 Å². The minimum atomic E-state index is -1.00. The van der Waals surface area contributed by atoms with Crippen molar-refractivity contribution in [2.75, 3.05) is 24.1 Å². The summed E-state index contributed by atoms with van der Waals surface area (Å²) in [5.74, 6) is 0.575. The third-order valence-corrected chi connectivity index (χ3v) is 3.72. The zero-order valence-electron chi connectivity index (χ0n) is 10.5. The van der Waals surface area contributed by atoms with Gasteiger partial charge < -0.3 is 14.7 Å². The number of carboxylic acids is 1. The highest BCUT2D eigenvalue weighted by Crippen LogP contribution is 2.22. The Morgan fingerprint density at radius 1 is 1.63 bits per heavy atom. The molecule has 1 aliphatic heterocycles. The second kappa shape index (κ2) is 5.39. The van der Waals surface area contributed by atoms with Crippen LogP contribution in [-0.2, 0) is 11.8 Å². The van der Waals surface area contributed by atoms with Gasteiger partial charge in [0, 0.05) is 18.9 Å². The number of methoxy groups -OCH3 is 1. The number of carbonyl (C=O) groups is 2. The lowest BCUT2D eigenvalue weighted by molar-refractivity contribution is -0.140. The number of ether oxygens (including phenoxy) is 1. The van der Waals surface area contributed by atoms with Crippen LogP contribution in [0, 0.1) is 0 Å². The first kappa shape index (κ1) is 13.5. The van der Waals surface area contributed by atoms with E-state index in [1.807, 2.05) is 0 Å². The van der Waals surface area contributed by atoms with Gasteiger partial charge in [-0.1, -0.05) is 0 Å². The van der Waals surface area contributed by atoms with Gasteiger partial charge in [-0.2, -0.15) is 5.10 Å². The van der Waals surface area contributed by atoms with Crippen LogP contribution < -0.4 is 10.1 Å². The van der Waals surface area contributed by atoms with Gasteiger partial charge in [0.25, 0.3) is 0 Å². The fraction of sp³-hybridized carbons (Fsp3) is 0.500. The number of aliphatic carboxylic acids is 1. The van der Waals surface area contributed by atoms with Crippen molar-refractivity contribution in [1.29, 1.82) is 0 Å². The van der Waals surface area contributed by atoms with Crippen molar-refractivity contribution in [3.05, 3.63) is 6.07 Å². The summed E-state index contributed by atoms with van der Waals surface area (Å²) in [5.41, 5.74) is 0. The Balaban J connectivity index is 2.06. The fourth-order valence-corrected chi connectivity index (χ4v) is 2.88. The summed E-state index contributed by atoms with van der Waals surface area (Å²) in [5, 5.41) is 15.6. The molecule has 1 aromatic heterocycles. The van der Waals surface area contributed by atoms with Crippen molar-refractivity contribution in [2.24, 2.45) is 7.05 Å². The molecule has 9 heteroatoms. The predicted molar refractivity (Wildman–Crippen MR) is 69.4 cm³/mol. The monoisotopic (exact) mass is 286 g/mol. The standard InChI is InChI=1S/C10H14N4O4S/c1-13-8(18-2)3-7(12-13)11-10(17)14-5-19-4-6(14)9(15)16/h3,6H,4-5H2,1-2H3,(H,15,16)(H,11,12,17)/t6-/m0/s1. The van der Waals surface area contributed by atoms with Gasteiger partial charge in [-0.3, -0.25) is 5.32 Å². The van der Waals surface area contributed by atoms with E-state index >= 15 is 0 Å². The normalized spacial score (nSPS) is 18.4. The molecule has 1 aromatic rings. The minimum absolute atomic E-state index is 0.324. The maximum atomic E-state index is 12.0. The first-order chi connectivity index (χ1) is 9.02. The number of anilines is 1. The molecule has 8 nitrogen and oxygen atoms in total. The number of rotatable bonds is 3. The van der Waals surface area contributed by atoms with Gasteiger partial charge in [0.05, 0.1) is 13.0 Å². The van der Waals surface area contributed by atoms with E-state index in [0.717, 1.165) is 0 Å². The summed E-state index contributed by atoms with van der Waals surface area (Å²) >= 11 is 1.40. The molecule has 2 rings (SSSR count). The van der Waals surface area contributed by atoms with E-state index in [2.05, 4.69) is 10.4 Å². The highest BCUT2D eigenvalue weighted by atomic mass is 32.2. The summed E-state index contributed by atoms with van der Waals surface area (Å²) in [4.78, 5) is 24.3. The average Bonchev–Trinajstić information content (AvgIpc) is 2.95. The molecule has 1 aliphatic rings. The van der Waals surface area contributed by atoms with Gasteiger partial charge in [-0.05, 0) is 0 Å². The first-order valence-electron chi connectivity index (χ1n) is 5.49. The molecule has 1 atom stereocenters. The number of nitrogens with zero attached hydrogens (tertiary/aromatic N) is 3. The zero-order chi connectivity index (χ0) is 14.0. The molecule has 104 valence electrons. The third-order valence-electron chi connectivity index (χ3n) is 2.71. The summed E-state index contributed by atoms with van der Waals surface area (Å²) in [6, 6.07) is 0.297. The van der Waals surface area contributed by atoms with Crippen LogP contribution in [0.2, 0.25) is 0 Å². The highest BCUT2D eigenvalue weighted by Gasteiger charge is 2.34. The Hall–Kier alpha value is -1.90. The molecule has 0 aromatic carbocycles. The summed E-state index contributed by atoms with van der Waals surface area (Å²) in [6.45, 7) is 0. The number of amides is 2. The molecule has 0 saturated carbocycles. The molecule has 0 spiro atoms. The van der Waals surface area contributed by atoms with Crippen LogP contribution in [0.3, 0.4) is 0 Å². The number of thioether (sulfide) groups is 1. The SMILES string of the molecule is COc1cc(NC(=O)N2CSC[C@H]2C(=O)O)nn1C. The van der Waals surface area contributed by atoms with E-state index in [-0.39, 0.29) is 0 Å². The van der Waals surface area contributed by atoms with Crippen LogP contribution in [0.4, 0.5) is 10.6 Å². The van der Waals surface area contributed by atoms with Crippen LogP contribution in [0.5, 0.6) is 5.88 Å². The van der Waals surface area contributed by atoms with E-state index in [9.17, 15) is 9.59 Å². The Kier molecular flexibility index (Phi) is 3.84. The molecule has 1 saturated heterocycles. The molecular weight excluding hydrogens is 272 g/mol. The number of aromatic nitrogens is 2. The first-order valence-corrected chi connectivity index (χ1v) is 6.64. The van der Waals surface area contributed by atoms with Crippen LogP contribution >= 0.6 is 11.8 Å². The summed E-state index contributed by atoms with van der Waals surface area (Å²) < 4.78 is 6.50. The zero-order valence-corrected chi connectivity index (χ0v) is 11.3. The smallest absolute Gasteiger partial charge is 0.327 e. The minimum Gasteiger partial charge on any atom is -0.481 e. The number of carbonyl (C=O) groups excluding carboxylic acids is 1. The van der Waals surface area contributed by atoms with Crippen molar-refractivity contribution in [2.45, 2.75) is 6.04 Å². The molecule has 2 N–H and O–H groups in total. The van der Waals surface area contributed by atoms with Crippen LogP contribution in [0.25, 0.3) is 0 Å². The van der Waals surface area contributed by atoms with Crippen molar-refractivity contribution in [3.8, 4) is 5.88 Å². The van der Waals surface area contributed by atoms with Crippen molar-refractivity contribution in [1.82, 2.24) is 14.7 Å². The van der Waals surface area contributed by atoms with Crippen molar-refractivity contribution < 1.29 is 19.4 Å². The Labute approximate surface area is 113 Å². The maximum Gasteiger partial charge on any atom is 0.327 e. The number of urea groups is 1. The van der Waals surface area contributed by atoms with E-state index in [4.69, 9.17) is 9.84 Å². The second-order valence-electron chi connectivity index (χ2n) is 3.95.